The monoisotopic (exact) mass is 409 g/mol. The molecule has 0 saturated heterocycles. The van der Waals surface area contributed by atoms with E-state index in [2.05, 4.69) is 15.6 Å². The third-order valence-corrected chi connectivity index (χ3v) is 5.25. The van der Waals surface area contributed by atoms with E-state index in [1.54, 1.807) is 12.1 Å². The van der Waals surface area contributed by atoms with Gasteiger partial charge in [-0.05, 0) is 57.4 Å². The summed E-state index contributed by atoms with van der Waals surface area (Å²) in [4.78, 5) is 17.7. The molecule has 30 heavy (non-hydrogen) atoms. The topological polar surface area (TPSA) is 85.6 Å². The molecule has 7 nitrogen and oxygen atoms in total. The second kappa shape index (κ2) is 9.07. The normalized spacial score (nSPS) is 18.3. The molecule has 0 unspecified atom stereocenters. The number of carbonyl (C=O) groups is 1. The van der Waals surface area contributed by atoms with Crippen molar-refractivity contribution in [1.29, 1.82) is 0 Å². The predicted molar refractivity (Wildman–Crippen MR) is 115 cm³/mol. The zero-order valence-corrected chi connectivity index (χ0v) is 17.3. The number of para-hydroxylation sites is 2. The van der Waals surface area contributed by atoms with Crippen molar-refractivity contribution in [2.75, 3.05) is 18.5 Å². The van der Waals surface area contributed by atoms with Crippen LogP contribution in [-0.2, 0) is 0 Å². The molecule has 1 fully saturated rings. The summed E-state index contributed by atoms with van der Waals surface area (Å²) in [6, 6.07) is 13.5. The summed E-state index contributed by atoms with van der Waals surface area (Å²) in [6.45, 7) is 4.74. The van der Waals surface area contributed by atoms with Crippen LogP contribution in [0.25, 0.3) is 11.1 Å². The highest BCUT2D eigenvalue weighted by atomic mass is 16.5. The molecule has 1 aliphatic rings. The maximum atomic E-state index is 13.2. The van der Waals surface area contributed by atoms with Gasteiger partial charge in [-0.1, -0.05) is 18.2 Å². The molecule has 3 aromatic rings. The maximum Gasteiger partial charge on any atom is 0.295 e. The van der Waals surface area contributed by atoms with Crippen LogP contribution in [0, 0.1) is 0 Å². The molecule has 1 saturated carbocycles. The predicted octanol–water partition coefficient (Wildman–Crippen LogP) is 4.39. The quantitative estimate of drug-likeness (QED) is 0.574. The summed E-state index contributed by atoms with van der Waals surface area (Å²) < 4.78 is 17.2. The average Bonchev–Trinajstić information content (AvgIpc) is 3.35. The van der Waals surface area contributed by atoms with E-state index in [0.29, 0.717) is 36.3 Å². The molecule has 1 aliphatic carbocycles. The fourth-order valence-corrected chi connectivity index (χ4v) is 3.93. The van der Waals surface area contributed by atoms with Gasteiger partial charge in [-0.25, -0.2) is 0 Å². The Morgan fingerprint density at radius 1 is 1.03 bits per heavy atom. The number of anilines is 1. The molecule has 158 valence electrons. The van der Waals surface area contributed by atoms with Crippen LogP contribution in [0.4, 0.5) is 6.01 Å². The standard InChI is InChI=1S/C23H27N3O4/c1-3-28-19-13-8-14-20(29-4-2)21(19)22(27)24-15-10-7-11-16(15)25-23-26-17-9-5-6-12-18(17)30-23/h5-6,8-9,12-16H,3-4,7,10-11H2,1-2H3,(H,24,27)(H,25,26)/t15-,16-/m0/s1. The van der Waals surface area contributed by atoms with Gasteiger partial charge in [0.05, 0.1) is 19.3 Å². The minimum atomic E-state index is -0.196. The number of hydrogen-bond acceptors (Lipinski definition) is 6. The van der Waals surface area contributed by atoms with Gasteiger partial charge < -0.3 is 24.5 Å². The van der Waals surface area contributed by atoms with Crippen LogP contribution in [0.2, 0.25) is 0 Å². The molecule has 0 spiro atoms. The third-order valence-electron chi connectivity index (χ3n) is 5.25. The highest BCUT2D eigenvalue weighted by Gasteiger charge is 2.31. The largest absolute Gasteiger partial charge is 0.493 e. The molecule has 4 rings (SSSR count). The van der Waals surface area contributed by atoms with Crippen LogP contribution in [0.15, 0.2) is 46.9 Å². The Hall–Kier alpha value is -3.22. The molecule has 2 aromatic carbocycles. The number of aromatic nitrogens is 1. The first-order valence-electron chi connectivity index (χ1n) is 10.5. The fourth-order valence-electron chi connectivity index (χ4n) is 3.93. The van der Waals surface area contributed by atoms with Gasteiger partial charge in [-0.2, -0.15) is 4.98 Å². The smallest absolute Gasteiger partial charge is 0.295 e. The lowest BCUT2D eigenvalue weighted by Crippen LogP contribution is -2.43. The van der Waals surface area contributed by atoms with Crippen molar-refractivity contribution in [2.45, 2.75) is 45.2 Å². The lowest BCUT2D eigenvalue weighted by Gasteiger charge is -2.23. The lowest BCUT2D eigenvalue weighted by atomic mass is 10.1. The average molecular weight is 409 g/mol. The Morgan fingerprint density at radius 2 is 1.73 bits per heavy atom. The summed E-state index contributed by atoms with van der Waals surface area (Å²) in [7, 11) is 0. The molecule has 7 heteroatoms. The number of benzene rings is 2. The number of oxazole rings is 1. The van der Waals surface area contributed by atoms with E-state index >= 15 is 0 Å². The molecule has 1 aromatic heterocycles. The van der Waals surface area contributed by atoms with Crippen molar-refractivity contribution in [3.05, 3.63) is 48.0 Å². The summed E-state index contributed by atoms with van der Waals surface area (Å²) in [6.07, 6.45) is 2.81. The Bertz CT molecular complexity index is 959. The van der Waals surface area contributed by atoms with Crippen LogP contribution < -0.4 is 20.1 Å². The molecule has 1 amide bonds. The van der Waals surface area contributed by atoms with Crippen molar-refractivity contribution in [1.82, 2.24) is 10.3 Å². The second-order valence-electron chi connectivity index (χ2n) is 7.24. The van der Waals surface area contributed by atoms with Crippen molar-refractivity contribution in [3.8, 4) is 11.5 Å². The van der Waals surface area contributed by atoms with Crippen LogP contribution >= 0.6 is 0 Å². The zero-order valence-electron chi connectivity index (χ0n) is 17.3. The van der Waals surface area contributed by atoms with E-state index in [-0.39, 0.29) is 18.0 Å². The summed E-state index contributed by atoms with van der Waals surface area (Å²) in [5.41, 5.74) is 1.99. The number of ether oxygens (including phenoxy) is 2. The maximum absolute atomic E-state index is 13.2. The van der Waals surface area contributed by atoms with Gasteiger partial charge in [0.1, 0.15) is 22.6 Å². The van der Waals surface area contributed by atoms with Gasteiger partial charge >= 0.3 is 0 Å². The van der Waals surface area contributed by atoms with Crippen LogP contribution in [0.5, 0.6) is 11.5 Å². The molecule has 1 heterocycles. The van der Waals surface area contributed by atoms with Crippen LogP contribution in [0.3, 0.4) is 0 Å². The summed E-state index contributed by atoms with van der Waals surface area (Å²) in [5, 5.41) is 6.53. The number of carbonyl (C=O) groups excluding carboxylic acids is 1. The Kier molecular flexibility index (Phi) is 6.07. The first-order chi connectivity index (χ1) is 14.7. The van der Waals surface area contributed by atoms with E-state index in [9.17, 15) is 4.79 Å². The van der Waals surface area contributed by atoms with E-state index < -0.39 is 0 Å². The van der Waals surface area contributed by atoms with Gasteiger partial charge in [0.2, 0.25) is 0 Å². The molecule has 2 atom stereocenters. The van der Waals surface area contributed by atoms with Crippen molar-refractivity contribution >= 4 is 23.0 Å². The van der Waals surface area contributed by atoms with E-state index in [1.807, 2.05) is 44.2 Å². The molecular weight excluding hydrogens is 382 g/mol. The minimum Gasteiger partial charge on any atom is -0.493 e. The van der Waals surface area contributed by atoms with Crippen molar-refractivity contribution in [3.63, 3.8) is 0 Å². The first-order valence-corrected chi connectivity index (χ1v) is 10.5. The Labute approximate surface area is 175 Å². The number of fused-ring (bicyclic) bond motifs is 1. The number of nitrogens with zero attached hydrogens (tertiary/aromatic N) is 1. The van der Waals surface area contributed by atoms with Gasteiger partial charge in [0.15, 0.2) is 5.58 Å². The lowest BCUT2D eigenvalue weighted by molar-refractivity contribution is 0.0927. The number of amides is 1. The van der Waals surface area contributed by atoms with E-state index in [0.717, 1.165) is 30.4 Å². The Morgan fingerprint density at radius 3 is 2.43 bits per heavy atom. The van der Waals surface area contributed by atoms with Gasteiger partial charge in [0.25, 0.3) is 11.9 Å². The second-order valence-corrected chi connectivity index (χ2v) is 7.24. The highest BCUT2D eigenvalue weighted by Crippen LogP contribution is 2.30. The first kappa shape index (κ1) is 20.1. The molecule has 0 bridgehead atoms. The summed E-state index contributed by atoms with van der Waals surface area (Å²) in [5.74, 6) is 0.864. The highest BCUT2D eigenvalue weighted by molar-refractivity contribution is 6.00. The molecule has 2 N–H and O–H groups in total. The Balaban J connectivity index is 1.51. The molecular formula is C23H27N3O4. The third kappa shape index (κ3) is 4.20. The zero-order chi connectivity index (χ0) is 20.9. The van der Waals surface area contributed by atoms with E-state index in [1.165, 1.54) is 0 Å². The fraction of sp³-hybridized carbons (Fsp3) is 0.391. The minimum absolute atomic E-state index is 0.0387. The van der Waals surface area contributed by atoms with Gasteiger partial charge in [0, 0.05) is 6.04 Å². The molecule has 0 aliphatic heterocycles. The summed E-state index contributed by atoms with van der Waals surface area (Å²) >= 11 is 0. The molecule has 0 radical (unpaired) electrons. The van der Waals surface area contributed by atoms with Crippen molar-refractivity contribution in [2.24, 2.45) is 0 Å². The van der Waals surface area contributed by atoms with Crippen LogP contribution in [-0.4, -0.2) is 36.2 Å². The number of nitrogens with one attached hydrogen (secondary N) is 2. The van der Waals surface area contributed by atoms with Crippen LogP contribution in [0.1, 0.15) is 43.5 Å². The van der Waals surface area contributed by atoms with E-state index in [4.69, 9.17) is 13.9 Å². The van der Waals surface area contributed by atoms with Gasteiger partial charge in [-0.3, -0.25) is 4.79 Å². The number of hydrogen-bond donors (Lipinski definition) is 2. The SMILES string of the molecule is CCOc1cccc(OCC)c1C(=O)N[C@H]1CCC[C@@H]1Nc1nc2ccccc2o1. The van der Waals surface area contributed by atoms with Crippen molar-refractivity contribution < 1.29 is 18.7 Å². The van der Waals surface area contributed by atoms with Gasteiger partial charge in [-0.15, -0.1) is 0 Å². The number of rotatable bonds is 8.